The second kappa shape index (κ2) is 24.6. The normalized spacial score (nSPS) is 35.3. The lowest BCUT2D eigenvalue weighted by molar-refractivity contribution is -0.335. The molecule has 3 aliphatic heterocycles. The molecular formula is C40H74O12. The number of aliphatic hydroxyl groups is 6. The Balaban J connectivity index is 1.23. The van der Waals surface area contributed by atoms with Crippen molar-refractivity contribution in [1.82, 2.24) is 0 Å². The lowest BCUT2D eigenvalue weighted by atomic mass is 9.90. The smallest absolute Gasteiger partial charge is 0.306 e. The molecule has 0 radical (unpaired) electrons. The molecule has 3 aliphatic rings. The molecular weight excluding hydrogens is 672 g/mol. The minimum atomic E-state index is -1.53. The van der Waals surface area contributed by atoms with Gasteiger partial charge in [-0.2, -0.15) is 0 Å². The molecule has 0 aromatic rings. The van der Waals surface area contributed by atoms with E-state index in [1.807, 2.05) is 0 Å². The van der Waals surface area contributed by atoms with Crippen LogP contribution in [0.15, 0.2) is 0 Å². The van der Waals surface area contributed by atoms with Crippen molar-refractivity contribution in [3.05, 3.63) is 0 Å². The lowest BCUT2D eigenvalue weighted by Gasteiger charge is -2.43. The summed E-state index contributed by atoms with van der Waals surface area (Å²) in [6, 6.07) is 0. The maximum atomic E-state index is 11.7. The molecule has 3 fully saturated rings. The van der Waals surface area contributed by atoms with E-state index in [9.17, 15) is 35.4 Å². The van der Waals surface area contributed by atoms with Crippen LogP contribution >= 0.6 is 0 Å². The fourth-order valence-electron chi connectivity index (χ4n) is 7.73. The standard InChI is InChI=1S/C40H74O12/c1-5-26(3)30(51-40-38(47)36(45)34(43)31(52-40)25-48-39-37(46)35(44)33(42)27(4)49-39)22-20-18-16-14-12-10-8-7-9-11-13-15-17-19-21-29-23-28(6-2)24-32(41)50-29/h26-31,33-40,42-47H,5-25H2,1-4H3/t26-,27-,28-,29+,30-,31+,33-,34+,35+,36-,37+,38+,39+,40+/m0/s1. The van der Waals surface area contributed by atoms with Crippen LogP contribution in [0.5, 0.6) is 0 Å². The lowest BCUT2D eigenvalue weighted by Crippen LogP contribution is -2.61. The molecule has 3 heterocycles. The zero-order valence-corrected chi connectivity index (χ0v) is 32.6. The van der Waals surface area contributed by atoms with Crippen LogP contribution in [-0.4, -0.2) is 117 Å². The Hall–Kier alpha value is -0.930. The van der Waals surface area contributed by atoms with E-state index < -0.39 is 61.4 Å². The molecule has 6 N–H and O–H groups in total. The third-order valence-corrected chi connectivity index (χ3v) is 11.7. The highest BCUT2D eigenvalue weighted by Crippen LogP contribution is 2.30. The van der Waals surface area contributed by atoms with Crippen molar-refractivity contribution in [3.8, 4) is 0 Å². The summed E-state index contributed by atoms with van der Waals surface area (Å²) in [5, 5.41) is 62.2. The van der Waals surface area contributed by atoms with Crippen LogP contribution in [0.2, 0.25) is 0 Å². The van der Waals surface area contributed by atoms with Crippen LogP contribution in [-0.2, 0) is 28.5 Å². The highest BCUT2D eigenvalue weighted by atomic mass is 16.7. The number of rotatable bonds is 25. The largest absolute Gasteiger partial charge is 0.462 e. The monoisotopic (exact) mass is 747 g/mol. The molecule has 0 amide bonds. The van der Waals surface area contributed by atoms with E-state index in [4.69, 9.17) is 23.7 Å². The van der Waals surface area contributed by atoms with Gasteiger partial charge in [0.15, 0.2) is 12.6 Å². The molecule has 3 rings (SSSR count). The first-order chi connectivity index (χ1) is 25.0. The first-order valence-electron chi connectivity index (χ1n) is 20.8. The van der Waals surface area contributed by atoms with Gasteiger partial charge in [0, 0.05) is 6.42 Å². The number of aliphatic hydroxyl groups excluding tert-OH is 6. The van der Waals surface area contributed by atoms with Gasteiger partial charge in [0.2, 0.25) is 0 Å². The summed E-state index contributed by atoms with van der Waals surface area (Å²) in [4.78, 5) is 11.7. The number of carbonyl (C=O) groups is 1. The Morgan fingerprint density at radius 1 is 0.692 bits per heavy atom. The minimum Gasteiger partial charge on any atom is -0.462 e. The Bertz CT molecular complexity index is 956. The number of hydrogen-bond acceptors (Lipinski definition) is 12. The van der Waals surface area contributed by atoms with Gasteiger partial charge in [0.25, 0.3) is 0 Å². The van der Waals surface area contributed by atoms with E-state index in [1.54, 1.807) is 0 Å². The first kappa shape index (κ1) is 45.5. The van der Waals surface area contributed by atoms with Gasteiger partial charge in [0.05, 0.1) is 18.8 Å². The SMILES string of the molecule is CC[C@@H]1CC(=O)O[C@H](CCCCCCCCCCCCCCCC[C@H](O[C@@H]2O[C@H](CO[C@@H]3O[C@@H](C)[C@H](O)[C@@H](O)[C@H]3O)[C@@H](O)[C@H](O)[C@H]2O)[C@@H](C)CC)C1. The summed E-state index contributed by atoms with van der Waals surface area (Å²) < 4.78 is 28.7. The number of hydrogen-bond donors (Lipinski definition) is 6. The topological polar surface area (TPSA) is 185 Å². The van der Waals surface area contributed by atoms with E-state index in [1.165, 1.54) is 77.6 Å². The van der Waals surface area contributed by atoms with Gasteiger partial charge in [-0.05, 0) is 44.4 Å². The van der Waals surface area contributed by atoms with Crippen molar-refractivity contribution in [1.29, 1.82) is 0 Å². The number of cyclic esters (lactones) is 1. The fraction of sp³-hybridized carbons (Fsp3) is 0.975. The van der Waals surface area contributed by atoms with Crippen LogP contribution in [0.25, 0.3) is 0 Å². The van der Waals surface area contributed by atoms with Crippen LogP contribution in [0, 0.1) is 11.8 Å². The summed E-state index contributed by atoms with van der Waals surface area (Å²) in [6.07, 6.45) is 9.44. The van der Waals surface area contributed by atoms with E-state index in [0.717, 1.165) is 51.4 Å². The number of carbonyl (C=O) groups excluding carboxylic acids is 1. The number of unbranched alkanes of at least 4 members (excludes halogenated alkanes) is 13. The third kappa shape index (κ3) is 15.0. The summed E-state index contributed by atoms with van der Waals surface area (Å²) in [6.45, 7) is 7.57. The quantitative estimate of drug-likeness (QED) is 0.0541. The molecule has 0 unspecified atom stereocenters. The predicted octanol–water partition coefficient (Wildman–Crippen LogP) is 5.04. The molecule has 3 saturated heterocycles. The van der Waals surface area contributed by atoms with Gasteiger partial charge in [-0.3, -0.25) is 4.79 Å². The molecule has 0 bridgehead atoms. The second-order valence-corrected chi connectivity index (χ2v) is 15.9. The van der Waals surface area contributed by atoms with Crippen molar-refractivity contribution in [2.75, 3.05) is 6.61 Å². The highest BCUT2D eigenvalue weighted by molar-refractivity contribution is 5.70. The molecule has 14 atom stereocenters. The zero-order chi connectivity index (χ0) is 38.0. The van der Waals surface area contributed by atoms with E-state index in [-0.39, 0.29) is 30.7 Å². The van der Waals surface area contributed by atoms with Crippen molar-refractivity contribution in [2.45, 2.75) is 230 Å². The molecule has 52 heavy (non-hydrogen) atoms. The van der Waals surface area contributed by atoms with Gasteiger partial charge in [0.1, 0.15) is 48.8 Å². The maximum Gasteiger partial charge on any atom is 0.306 e. The molecule has 306 valence electrons. The van der Waals surface area contributed by atoms with Crippen LogP contribution < -0.4 is 0 Å². The maximum absolute atomic E-state index is 11.7. The van der Waals surface area contributed by atoms with Gasteiger partial charge in [-0.15, -0.1) is 0 Å². The number of esters is 1. The van der Waals surface area contributed by atoms with Gasteiger partial charge in [-0.1, -0.05) is 117 Å². The van der Waals surface area contributed by atoms with E-state index >= 15 is 0 Å². The summed E-state index contributed by atoms with van der Waals surface area (Å²) in [5.41, 5.74) is 0. The Morgan fingerprint density at radius 3 is 1.81 bits per heavy atom. The fourth-order valence-corrected chi connectivity index (χ4v) is 7.73. The van der Waals surface area contributed by atoms with Crippen molar-refractivity contribution >= 4 is 5.97 Å². The highest BCUT2D eigenvalue weighted by Gasteiger charge is 2.47. The molecule has 0 spiro atoms. The predicted molar refractivity (Wildman–Crippen MR) is 196 cm³/mol. The molecule has 0 saturated carbocycles. The Morgan fingerprint density at radius 2 is 1.23 bits per heavy atom. The second-order valence-electron chi connectivity index (χ2n) is 15.9. The van der Waals surface area contributed by atoms with Crippen LogP contribution in [0.3, 0.4) is 0 Å². The third-order valence-electron chi connectivity index (χ3n) is 11.7. The average Bonchev–Trinajstić information content (AvgIpc) is 3.13. The Kier molecular flexibility index (Phi) is 21.5. The molecule has 0 aromatic heterocycles. The van der Waals surface area contributed by atoms with Gasteiger partial charge >= 0.3 is 5.97 Å². The van der Waals surface area contributed by atoms with E-state index in [2.05, 4.69) is 20.8 Å². The van der Waals surface area contributed by atoms with E-state index in [0.29, 0.717) is 12.3 Å². The molecule has 0 aromatic carbocycles. The minimum absolute atomic E-state index is 0.00545. The molecule has 12 heteroatoms. The van der Waals surface area contributed by atoms with Crippen LogP contribution in [0.1, 0.15) is 156 Å². The molecule has 0 aliphatic carbocycles. The average molecular weight is 747 g/mol. The van der Waals surface area contributed by atoms with Crippen molar-refractivity contribution < 1.29 is 59.1 Å². The van der Waals surface area contributed by atoms with Crippen LogP contribution in [0.4, 0.5) is 0 Å². The van der Waals surface area contributed by atoms with Crippen molar-refractivity contribution in [3.63, 3.8) is 0 Å². The van der Waals surface area contributed by atoms with Gasteiger partial charge < -0.3 is 54.3 Å². The van der Waals surface area contributed by atoms with Crippen molar-refractivity contribution in [2.24, 2.45) is 11.8 Å². The first-order valence-corrected chi connectivity index (χ1v) is 20.8. The zero-order valence-electron chi connectivity index (χ0n) is 32.6. The Labute approximate surface area is 312 Å². The summed E-state index contributed by atoms with van der Waals surface area (Å²) >= 11 is 0. The molecule has 12 nitrogen and oxygen atoms in total. The summed E-state index contributed by atoms with van der Waals surface area (Å²) in [5.74, 6) is 0.693. The summed E-state index contributed by atoms with van der Waals surface area (Å²) in [7, 11) is 0. The number of ether oxygens (including phenoxy) is 5. The van der Waals surface area contributed by atoms with Gasteiger partial charge in [-0.25, -0.2) is 0 Å².